The molecule has 6 nitrogen and oxygen atoms in total. The average Bonchev–Trinajstić information content (AvgIpc) is 3.24. The summed E-state index contributed by atoms with van der Waals surface area (Å²) < 4.78 is 5.03. The van der Waals surface area contributed by atoms with Crippen molar-refractivity contribution in [1.29, 1.82) is 0 Å². The Morgan fingerprint density at radius 2 is 2.08 bits per heavy atom. The Morgan fingerprint density at radius 1 is 1.28 bits per heavy atom. The quantitative estimate of drug-likeness (QED) is 0.654. The molecule has 0 bridgehead atoms. The summed E-state index contributed by atoms with van der Waals surface area (Å²) in [5.41, 5.74) is 0.380. The number of rotatable bonds is 5. The lowest BCUT2D eigenvalue weighted by Gasteiger charge is -2.06. The van der Waals surface area contributed by atoms with Crippen LogP contribution in [0.15, 0.2) is 41.8 Å². The highest BCUT2D eigenvalue weighted by Crippen LogP contribution is 2.26. The summed E-state index contributed by atoms with van der Waals surface area (Å²) in [5, 5.41) is 4.83. The lowest BCUT2D eigenvalue weighted by Crippen LogP contribution is -2.16. The number of nitrogens with zero attached hydrogens (tertiary/aromatic N) is 1. The molecule has 3 aromatic rings. The summed E-state index contributed by atoms with van der Waals surface area (Å²) in [4.78, 5) is 32.7. The average molecular weight is 376 g/mol. The van der Waals surface area contributed by atoms with E-state index < -0.39 is 11.9 Å². The van der Waals surface area contributed by atoms with E-state index in [-0.39, 0.29) is 18.1 Å². The molecule has 0 spiro atoms. The van der Waals surface area contributed by atoms with Gasteiger partial charge in [0.05, 0.1) is 22.1 Å². The van der Waals surface area contributed by atoms with Gasteiger partial charge in [-0.05, 0) is 30.5 Å². The van der Waals surface area contributed by atoms with Crippen molar-refractivity contribution in [3.05, 3.63) is 58.1 Å². The standard InChI is InChI=1S/C17H14ClN3O3S/c1-2-24-17(23)13-15(20-14(19-13)12-8-5-9-25-12)21-16(22)10-6-3-4-7-11(10)18/h3-9H,2H2,1H3,(H,19,20)(H,21,22). The smallest absolute Gasteiger partial charge is 0.358 e. The Labute approximate surface area is 152 Å². The van der Waals surface area contributed by atoms with Gasteiger partial charge in [-0.15, -0.1) is 11.3 Å². The van der Waals surface area contributed by atoms with E-state index in [0.29, 0.717) is 16.4 Å². The van der Waals surface area contributed by atoms with Gasteiger partial charge in [-0.1, -0.05) is 29.8 Å². The first-order valence-corrected chi connectivity index (χ1v) is 8.72. The maximum atomic E-state index is 12.5. The second-order valence-corrected chi connectivity index (χ2v) is 6.30. The highest BCUT2D eigenvalue weighted by Gasteiger charge is 2.22. The number of ether oxygens (including phenoxy) is 1. The maximum Gasteiger partial charge on any atom is 0.358 e. The van der Waals surface area contributed by atoms with Gasteiger partial charge in [0.2, 0.25) is 0 Å². The van der Waals surface area contributed by atoms with Crippen LogP contribution in [0, 0.1) is 0 Å². The van der Waals surface area contributed by atoms with Gasteiger partial charge in [0, 0.05) is 0 Å². The normalized spacial score (nSPS) is 10.5. The minimum absolute atomic E-state index is 0.0886. The van der Waals surface area contributed by atoms with E-state index in [2.05, 4.69) is 15.3 Å². The number of imidazole rings is 1. The molecule has 8 heteroatoms. The number of aromatic nitrogens is 2. The van der Waals surface area contributed by atoms with Crippen molar-refractivity contribution < 1.29 is 14.3 Å². The van der Waals surface area contributed by atoms with Gasteiger partial charge in [-0.3, -0.25) is 4.79 Å². The number of esters is 1. The molecule has 0 fully saturated rings. The first-order valence-electron chi connectivity index (χ1n) is 7.47. The van der Waals surface area contributed by atoms with E-state index in [9.17, 15) is 9.59 Å². The van der Waals surface area contributed by atoms with E-state index in [4.69, 9.17) is 16.3 Å². The summed E-state index contributed by atoms with van der Waals surface area (Å²) in [6.07, 6.45) is 0. The maximum absolute atomic E-state index is 12.5. The van der Waals surface area contributed by atoms with E-state index in [0.717, 1.165) is 4.88 Å². The Kier molecular flexibility index (Phi) is 5.16. The molecule has 2 N–H and O–H groups in total. The van der Waals surface area contributed by atoms with Crippen LogP contribution in [0.5, 0.6) is 0 Å². The van der Waals surface area contributed by atoms with Crippen molar-refractivity contribution in [2.45, 2.75) is 6.92 Å². The predicted octanol–water partition coefficient (Wildman–Crippen LogP) is 4.22. The monoisotopic (exact) mass is 375 g/mol. The number of hydrogen-bond donors (Lipinski definition) is 2. The second kappa shape index (κ2) is 7.50. The number of aromatic amines is 1. The summed E-state index contributed by atoms with van der Waals surface area (Å²) in [6.45, 7) is 1.92. The Bertz CT molecular complexity index is 906. The highest BCUT2D eigenvalue weighted by atomic mass is 35.5. The summed E-state index contributed by atoms with van der Waals surface area (Å²) in [6, 6.07) is 10.4. The largest absolute Gasteiger partial charge is 0.461 e. The zero-order valence-corrected chi connectivity index (χ0v) is 14.8. The van der Waals surface area contributed by atoms with Crippen molar-refractivity contribution in [3.8, 4) is 10.7 Å². The molecular weight excluding hydrogens is 362 g/mol. The fourth-order valence-corrected chi connectivity index (χ4v) is 3.06. The third kappa shape index (κ3) is 3.72. The van der Waals surface area contributed by atoms with Gasteiger partial charge in [0.15, 0.2) is 17.3 Å². The number of carbonyl (C=O) groups excluding carboxylic acids is 2. The van der Waals surface area contributed by atoms with Crippen molar-refractivity contribution in [2.75, 3.05) is 11.9 Å². The summed E-state index contributed by atoms with van der Waals surface area (Å²) >= 11 is 7.51. The van der Waals surface area contributed by atoms with Gasteiger partial charge < -0.3 is 15.0 Å². The van der Waals surface area contributed by atoms with Gasteiger partial charge in [-0.25, -0.2) is 9.78 Å². The minimum atomic E-state index is -0.590. The van der Waals surface area contributed by atoms with Crippen LogP contribution in [0.1, 0.15) is 27.8 Å². The molecule has 0 saturated carbocycles. The van der Waals surface area contributed by atoms with Gasteiger partial charge in [0.25, 0.3) is 5.91 Å². The number of benzene rings is 1. The van der Waals surface area contributed by atoms with Crippen LogP contribution in [0.4, 0.5) is 5.82 Å². The predicted molar refractivity (Wildman–Crippen MR) is 97.3 cm³/mol. The van der Waals surface area contributed by atoms with Crippen molar-refractivity contribution in [1.82, 2.24) is 9.97 Å². The lowest BCUT2D eigenvalue weighted by atomic mass is 10.2. The molecular formula is C17H14ClN3O3S. The number of H-pyrrole nitrogens is 1. The number of hydrogen-bond acceptors (Lipinski definition) is 5. The number of anilines is 1. The van der Waals surface area contributed by atoms with Crippen molar-refractivity contribution >= 4 is 40.6 Å². The van der Waals surface area contributed by atoms with Crippen LogP contribution in [0.25, 0.3) is 10.7 Å². The minimum Gasteiger partial charge on any atom is -0.461 e. The number of amides is 1. The number of halogens is 1. The van der Waals surface area contributed by atoms with Crippen LogP contribution < -0.4 is 5.32 Å². The third-order valence-corrected chi connectivity index (χ3v) is 4.49. The highest BCUT2D eigenvalue weighted by molar-refractivity contribution is 7.13. The topological polar surface area (TPSA) is 84.1 Å². The Morgan fingerprint density at radius 3 is 2.76 bits per heavy atom. The van der Waals surface area contributed by atoms with Crippen LogP contribution in [0.3, 0.4) is 0 Å². The Hall–Kier alpha value is -2.64. The van der Waals surface area contributed by atoms with Crippen molar-refractivity contribution in [2.24, 2.45) is 0 Å². The summed E-state index contributed by atoms with van der Waals surface area (Å²) in [7, 11) is 0. The third-order valence-electron chi connectivity index (χ3n) is 3.29. The molecule has 0 atom stereocenters. The molecule has 0 saturated heterocycles. The molecule has 2 heterocycles. The van der Waals surface area contributed by atoms with E-state index in [1.807, 2.05) is 17.5 Å². The molecule has 1 aromatic carbocycles. The molecule has 0 aliphatic heterocycles. The number of carbonyl (C=O) groups is 2. The first kappa shape index (κ1) is 17.2. The van der Waals surface area contributed by atoms with Gasteiger partial charge >= 0.3 is 5.97 Å². The van der Waals surface area contributed by atoms with Crippen LogP contribution in [-0.2, 0) is 4.74 Å². The van der Waals surface area contributed by atoms with Gasteiger partial charge in [-0.2, -0.15) is 0 Å². The van der Waals surface area contributed by atoms with E-state index in [1.54, 1.807) is 31.2 Å². The fourth-order valence-electron chi connectivity index (χ4n) is 2.16. The number of nitrogens with one attached hydrogen (secondary N) is 2. The zero-order valence-electron chi connectivity index (χ0n) is 13.2. The molecule has 1 amide bonds. The molecule has 0 aliphatic rings. The zero-order chi connectivity index (χ0) is 17.8. The molecule has 0 aliphatic carbocycles. The SMILES string of the molecule is CCOC(=O)c1[nH]c(-c2cccs2)nc1NC(=O)c1ccccc1Cl. The molecule has 25 heavy (non-hydrogen) atoms. The van der Waals surface area contributed by atoms with E-state index in [1.165, 1.54) is 11.3 Å². The Balaban J connectivity index is 1.95. The first-order chi connectivity index (χ1) is 12.1. The molecule has 128 valence electrons. The van der Waals surface area contributed by atoms with Crippen LogP contribution >= 0.6 is 22.9 Å². The molecule has 3 rings (SSSR count). The van der Waals surface area contributed by atoms with Crippen LogP contribution in [-0.4, -0.2) is 28.5 Å². The van der Waals surface area contributed by atoms with Gasteiger partial charge in [0.1, 0.15) is 0 Å². The second-order valence-electron chi connectivity index (χ2n) is 4.94. The van der Waals surface area contributed by atoms with E-state index >= 15 is 0 Å². The molecule has 0 radical (unpaired) electrons. The number of thiophene rings is 1. The molecule has 2 aromatic heterocycles. The van der Waals surface area contributed by atoms with Crippen LogP contribution in [0.2, 0.25) is 5.02 Å². The van der Waals surface area contributed by atoms with Crippen molar-refractivity contribution in [3.63, 3.8) is 0 Å². The lowest BCUT2D eigenvalue weighted by molar-refractivity contribution is 0.0521. The summed E-state index contributed by atoms with van der Waals surface area (Å²) in [5.74, 6) is -0.466. The molecule has 0 unspecified atom stereocenters. The fraction of sp³-hybridized carbons (Fsp3) is 0.118.